The molecule has 1 aromatic carbocycles. The van der Waals surface area contributed by atoms with Gasteiger partial charge >= 0.3 is 0 Å². The maximum Gasteiger partial charge on any atom is 0.195 e. The maximum absolute atomic E-state index is 13.7. The fraction of sp³-hybridized carbons (Fsp3) is 0.0625. The Bertz CT molecular complexity index is 950. The number of nitrogens with zero attached hydrogens (tertiary/aromatic N) is 4. The van der Waals surface area contributed by atoms with Gasteiger partial charge in [-0.1, -0.05) is 36.0 Å². The summed E-state index contributed by atoms with van der Waals surface area (Å²) in [5, 5.41) is 15.7. The number of halogens is 1. The summed E-state index contributed by atoms with van der Waals surface area (Å²) in [6.45, 7) is 0. The van der Waals surface area contributed by atoms with Gasteiger partial charge in [0.25, 0.3) is 0 Å². The molecule has 0 bridgehead atoms. The molecule has 0 aliphatic heterocycles. The minimum atomic E-state index is -0.190. The summed E-state index contributed by atoms with van der Waals surface area (Å²) < 4.78 is 15.4. The number of fused-ring (bicyclic) bond motifs is 1. The molecule has 3 aromatic heterocycles. The van der Waals surface area contributed by atoms with Gasteiger partial charge < -0.3 is 0 Å². The fourth-order valence-corrected chi connectivity index (χ4v) is 3.71. The zero-order valence-corrected chi connectivity index (χ0v) is 13.5. The number of thioether (sulfide) groups is 1. The Morgan fingerprint density at radius 2 is 1.96 bits per heavy atom. The molecule has 0 atom stereocenters. The normalized spacial score (nSPS) is 11.2. The van der Waals surface area contributed by atoms with Crippen LogP contribution in [-0.2, 0) is 5.75 Å². The maximum atomic E-state index is 13.7. The van der Waals surface area contributed by atoms with E-state index in [1.54, 1.807) is 28.0 Å². The highest BCUT2D eigenvalue weighted by atomic mass is 32.2. The van der Waals surface area contributed by atoms with E-state index < -0.39 is 0 Å². The third kappa shape index (κ3) is 2.85. The van der Waals surface area contributed by atoms with Crippen LogP contribution in [-0.4, -0.2) is 19.8 Å². The van der Waals surface area contributed by atoms with Crippen molar-refractivity contribution >= 4 is 28.7 Å². The van der Waals surface area contributed by atoms with Crippen molar-refractivity contribution in [3.05, 3.63) is 65.3 Å². The standard InChI is InChI=1S/C16H11FN4S2/c17-12-5-2-1-4-11(12)10-23-15-8-7-14-18-19-16(21(14)20-15)13-6-3-9-22-13/h1-9H,10H2. The predicted molar refractivity (Wildman–Crippen MR) is 90.1 cm³/mol. The molecule has 0 spiro atoms. The highest BCUT2D eigenvalue weighted by Crippen LogP contribution is 2.26. The molecule has 7 heteroatoms. The van der Waals surface area contributed by atoms with E-state index in [1.807, 2.05) is 35.7 Å². The minimum Gasteiger partial charge on any atom is -0.207 e. The summed E-state index contributed by atoms with van der Waals surface area (Å²) in [7, 11) is 0. The number of benzene rings is 1. The van der Waals surface area contributed by atoms with E-state index in [0.29, 0.717) is 17.0 Å². The molecule has 0 aliphatic rings. The largest absolute Gasteiger partial charge is 0.207 e. The van der Waals surface area contributed by atoms with Crippen molar-refractivity contribution in [2.45, 2.75) is 10.8 Å². The van der Waals surface area contributed by atoms with Crippen LogP contribution in [0.3, 0.4) is 0 Å². The lowest BCUT2D eigenvalue weighted by Crippen LogP contribution is -1.96. The number of hydrogen-bond acceptors (Lipinski definition) is 5. The van der Waals surface area contributed by atoms with Gasteiger partial charge in [-0.3, -0.25) is 0 Å². The Kier molecular flexibility index (Phi) is 3.80. The van der Waals surface area contributed by atoms with Crippen LogP contribution < -0.4 is 0 Å². The first-order valence-electron chi connectivity index (χ1n) is 6.94. The zero-order valence-electron chi connectivity index (χ0n) is 11.9. The average Bonchev–Trinajstić information content (AvgIpc) is 3.22. The van der Waals surface area contributed by atoms with Crippen molar-refractivity contribution in [2.75, 3.05) is 0 Å². The van der Waals surface area contributed by atoms with Crippen molar-refractivity contribution in [3.63, 3.8) is 0 Å². The molecule has 0 aliphatic carbocycles. The van der Waals surface area contributed by atoms with Crippen LogP contribution in [0, 0.1) is 5.82 Å². The number of aromatic nitrogens is 4. The van der Waals surface area contributed by atoms with Crippen LogP contribution in [0.5, 0.6) is 0 Å². The second kappa shape index (κ2) is 6.10. The molecule has 0 N–H and O–H groups in total. The topological polar surface area (TPSA) is 43.1 Å². The Morgan fingerprint density at radius 3 is 2.78 bits per heavy atom. The van der Waals surface area contributed by atoms with Gasteiger partial charge in [-0.15, -0.1) is 21.5 Å². The highest BCUT2D eigenvalue weighted by molar-refractivity contribution is 7.98. The van der Waals surface area contributed by atoms with E-state index in [4.69, 9.17) is 0 Å². The predicted octanol–water partition coefficient (Wildman–Crippen LogP) is 4.28. The Balaban J connectivity index is 1.64. The monoisotopic (exact) mass is 342 g/mol. The summed E-state index contributed by atoms with van der Waals surface area (Å²) in [6, 6.07) is 14.5. The molecule has 4 nitrogen and oxygen atoms in total. The lowest BCUT2D eigenvalue weighted by atomic mass is 10.2. The molecule has 3 heterocycles. The average molecular weight is 342 g/mol. The quantitative estimate of drug-likeness (QED) is 0.519. The first-order chi connectivity index (χ1) is 11.3. The Labute approximate surface area is 140 Å². The van der Waals surface area contributed by atoms with E-state index in [1.165, 1.54) is 17.8 Å². The van der Waals surface area contributed by atoms with E-state index in [9.17, 15) is 4.39 Å². The molecule has 0 saturated heterocycles. The molecule has 0 fully saturated rings. The van der Waals surface area contributed by atoms with Crippen LogP contribution in [0.4, 0.5) is 4.39 Å². The van der Waals surface area contributed by atoms with E-state index in [2.05, 4.69) is 15.3 Å². The van der Waals surface area contributed by atoms with Crippen molar-refractivity contribution in [3.8, 4) is 10.7 Å². The first-order valence-corrected chi connectivity index (χ1v) is 8.80. The molecule has 4 aromatic rings. The Morgan fingerprint density at radius 1 is 1.04 bits per heavy atom. The summed E-state index contributed by atoms with van der Waals surface area (Å²) in [4.78, 5) is 1.02. The minimum absolute atomic E-state index is 0.190. The SMILES string of the molecule is Fc1ccccc1CSc1ccc2nnc(-c3cccs3)n2n1. The van der Waals surface area contributed by atoms with Crippen LogP contribution in [0.15, 0.2) is 58.9 Å². The lowest BCUT2D eigenvalue weighted by Gasteiger charge is -2.03. The van der Waals surface area contributed by atoms with Gasteiger partial charge in [0.05, 0.1) is 4.88 Å². The molecule has 114 valence electrons. The molecule has 0 saturated carbocycles. The van der Waals surface area contributed by atoms with Crippen LogP contribution in [0.2, 0.25) is 0 Å². The zero-order chi connectivity index (χ0) is 15.6. The van der Waals surface area contributed by atoms with Gasteiger partial charge in [-0.25, -0.2) is 4.39 Å². The number of thiophene rings is 1. The highest BCUT2D eigenvalue weighted by Gasteiger charge is 2.11. The summed E-state index contributed by atoms with van der Waals surface area (Å²) in [5.41, 5.74) is 1.37. The van der Waals surface area contributed by atoms with Crippen molar-refractivity contribution in [1.29, 1.82) is 0 Å². The van der Waals surface area contributed by atoms with E-state index >= 15 is 0 Å². The van der Waals surface area contributed by atoms with Gasteiger partial charge in [0.2, 0.25) is 0 Å². The van der Waals surface area contributed by atoms with Crippen molar-refractivity contribution in [1.82, 2.24) is 19.8 Å². The second-order valence-corrected chi connectivity index (χ2v) is 6.77. The lowest BCUT2D eigenvalue weighted by molar-refractivity contribution is 0.617. The first kappa shape index (κ1) is 14.3. The molecular weight excluding hydrogens is 331 g/mol. The molecule has 0 radical (unpaired) electrons. The smallest absolute Gasteiger partial charge is 0.195 e. The van der Waals surface area contributed by atoms with Crippen LogP contribution >= 0.6 is 23.1 Å². The third-order valence-electron chi connectivity index (χ3n) is 3.31. The third-order valence-corrected chi connectivity index (χ3v) is 5.15. The van der Waals surface area contributed by atoms with Gasteiger partial charge in [0.15, 0.2) is 11.5 Å². The van der Waals surface area contributed by atoms with Gasteiger partial charge in [0, 0.05) is 5.75 Å². The molecule has 0 unspecified atom stereocenters. The molecule has 23 heavy (non-hydrogen) atoms. The number of hydrogen-bond donors (Lipinski definition) is 0. The van der Waals surface area contributed by atoms with Crippen molar-refractivity contribution < 1.29 is 4.39 Å². The molecule has 4 rings (SSSR count). The van der Waals surface area contributed by atoms with Crippen molar-refractivity contribution in [2.24, 2.45) is 0 Å². The fourth-order valence-electron chi connectivity index (χ4n) is 2.18. The summed E-state index contributed by atoms with van der Waals surface area (Å²) in [5.74, 6) is 1.06. The number of rotatable bonds is 4. The Hall–Kier alpha value is -2.25. The van der Waals surface area contributed by atoms with Crippen LogP contribution in [0.1, 0.15) is 5.56 Å². The van der Waals surface area contributed by atoms with Gasteiger partial charge in [0.1, 0.15) is 10.8 Å². The summed E-state index contributed by atoms with van der Waals surface area (Å²) in [6.07, 6.45) is 0. The summed E-state index contributed by atoms with van der Waals surface area (Å²) >= 11 is 3.08. The van der Waals surface area contributed by atoms with Crippen LogP contribution in [0.25, 0.3) is 16.3 Å². The van der Waals surface area contributed by atoms with Gasteiger partial charge in [-0.2, -0.15) is 9.61 Å². The second-order valence-electron chi connectivity index (χ2n) is 4.82. The van der Waals surface area contributed by atoms with E-state index in [0.717, 1.165) is 15.7 Å². The molecular formula is C16H11FN4S2. The van der Waals surface area contributed by atoms with E-state index in [-0.39, 0.29) is 5.82 Å². The molecule has 0 amide bonds. The van der Waals surface area contributed by atoms with Gasteiger partial charge in [-0.05, 0) is 35.2 Å².